The van der Waals surface area contributed by atoms with Crippen molar-refractivity contribution in [3.63, 3.8) is 0 Å². The van der Waals surface area contributed by atoms with Gasteiger partial charge in [0.1, 0.15) is 11.6 Å². The third-order valence-corrected chi connectivity index (χ3v) is 15.3. The van der Waals surface area contributed by atoms with Gasteiger partial charge in [-0.15, -0.1) is 0 Å². The minimum absolute atomic E-state index is 0.0404. The Hall–Kier alpha value is -7.24. The van der Waals surface area contributed by atoms with Crippen LogP contribution in [0.5, 0.6) is 0 Å². The number of carbonyl (C=O) groups excluding carboxylic acids is 2. The number of amides is 2. The number of rotatable bonds is 11. The van der Waals surface area contributed by atoms with E-state index in [1.165, 1.54) is 64.0 Å². The molecule has 11 nitrogen and oxygen atoms in total. The van der Waals surface area contributed by atoms with Crippen molar-refractivity contribution >= 4 is 34.8 Å². The van der Waals surface area contributed by atoms with Crippen molar-refractivity contribution in [2.45, 2.75) is 76.8 Å². The Morgan fingerprint density at radius 1 is 0.470 bits per heavy atom. The zero-order chi connectivity index (χ0) is 61.4. The zero-order valence-corrected chi connectivity index (χ0v) is 47.1. The number of carbonyl (C=O) groups is 2. The fourth-order valence-electron chi connectivity index (χ4n) is 9.99. The number of nitrogens with zero attached hydrogens (tertiary/aromatic N) is 8. The summed E-state index contributed by atoms with van der Waals surface area (Å²) in [5, 5.41) is 10.0. The molecular formula is C60H64F12N8O3. The van der Waals surface area contributed by atoms with E-state index in [1.54, 1.807) is 30.3 Å². The first kappa shape index (κ1) is 63.3. The zero-order valence-electron chi connectivity index (χ0n) is 47.1. The Morgan fingerprint density at radius 3 is 1.12 bits per heavy atom. The SMILES string of the molecule is CN1CCN(c2cc(-c3ccccc3CO)c(N(C)C(=O)C(C)(C)c3cc(C(F)(F)F)cc(C(F)(F)F)c3)cn2)CC1.Cc1ccccc1-c1cc(N2CCN(C)CC2)ncc1N(C)C(=O)C(C)(C)c1cc(C(F)(F)F)cc(C(F)(F)F)c1. The van der Waals surface area contributed by atoms with Gasteiger partial charge in [0.15, 0.2) is 0 Å². The molecule has 2 fully saturated rings. The molecule has 83 heavy (non-hydrogen) atoms. The normalized spacial score (nSPS) is 15.2. The highest BCUT2D eigenvalue weighted by Gasteiger charge is 2.44. The number of anilines is 4. The summed E-state index contributed by atoms with van der Waals surface area (Å²) < 4.78 is 163. The highest BCUT2D eigenvalue weighted by Crippen LogP contribution is 2.44. The first-order valence-electron chi connectivity index (χ1n) is 26.3. The molecule has 6 aromatic rings. The molecule has 2 amide bonds. The van der Waals surface area contributed by atoms with Crippen LogP contribution in [-0.2, 0) is 51.7 Å². The molecule has 446 valence electrons. The van der Waals surface area contributed by atoms with Gasteiger partial charge in [0.25, 0.3) is 0 Å². The number of aliphatic hydroxyl groups is 1. The Morgan fingerprint density at radius 2 is 0.783 bits per heavy atom. The molecule has 2 aliphatic heterocycles. The second kappa shape index (κ2) is 24.2. The first-order chi connectivity index (χ1) is 38.5. The van der Waals surface area contributed by atoms with Crippen LogP contribution >= 0.6 is 0 Å². The van der Waals surface area contributed by atoms with Gasteiger partial charge in [0.05, 0.1) is 63.5 Å². The van der Waals surface area contributed by atoms with Crippen LogP contribution in [0.25, 0.3) is 22.3 Å². The molecule has 4 heterocycles. The number of aryl methyl sites for hydroxylation is 1. The number of benzene rings is 4. The standard InChI is InChI=1S/C30H32F6N4O2.C30H32F6N4O/c1-28(2,20-13-21(29(31,32)33)15-22(14-20)30(34,35)36)27(42)39(4)25-17-37-26(40-11-9-38(3)10-12-40)16-24(25)23-8-6-5-7-19(23)18-41;1-19-8-6-7-9-23(19)24-17-26(40-12-10-38(4)11-13-40)37-18-25(24)39(5)27(41)28(2,3)20-14-21(29(31,32)33)16-22(15-20)30(34,35)36/h5-8,13-17,41H,9-12,18H2,1-4H3;6-9,14-18H,10-13H2,1-5H3. The van der Waals surface area contributed by atoms with Crippen molar-refractivity contribution in [1.29, 1.82) is 0 Å². The van der Waals surface area contributed by atoms with Crippen molar-refractivity contribution in [3.05, 3.63) is 154 Å². The lowest BCUT2D eigenvalue weighted by Gasteiger charge is -2.35. The van der Waals surface area contributed by atoms with Crippen LogP contribution in [-0.4, -0.2) is 117 Å². The molecule has 0 radical (unpaired) electrons. The number of alkyl halides is 12. The van der Waals surface area contributed by atoms with Crippen LogP contribution in [0, 0.1) is 6.92 Å². The molecule has 0 saturated carbocycles. The minimum atomic E-state index is -5.05. The highest BCUT2D eigenvalue weighted by molar-refractivity contribution is 6.04. The Kier molecular flexibility index (Phi) is 18.4. The highest BCUT2D eigenvalue weighted by atomic mass is 19.4. The Labute approximate surface area is 473 Å². The number of halogens is 12. The number of piperazine rings is 2. The van der Waals surface area contributed by atoms with Gasteiger partial charge in [-0.05, 0) is 131 Å². The summed E-state index contributed by atoms with van der Waals surface area (Å²) in [5.74, 6) is -0.0731. The number of aliphatic hydroxyl groups excluding tert-OH is 1. The summed E-state index contributed by atoms with van der Waals surface area (Å²) >= 11 is 0. The summed E-state index contributed by atoms with van der Waals surface area (Å²) in [5.41, 5.74) is -5.44. The quantitative estimate of drug-likeness (QED) is 0.127. The summed E-state index contributed by atoms with van der Waals surface area (Å²) in [6, 6.07) is 20.7. The average Bonchev–Trinajstić information content (AvgIpc) is 2.65. The molecule has 0 spiro atoms. The summed E-state index contributed by atoms with van der Waals surface area (Å²) in [6.07, 6.45) is -17.1. The molecule has 4 aromatic carbocycles. The van der Waals surface area contributed by atoms with E-state index in [9.17, 15) is 67.4 Å². The first-order valence-corrected chi connectivity index (χ1v) is 26.3. The molecule has 2 aliphatic rings. The van der Waals surface area contributed by atoms with Gasteiger partial charge < -0.3 is 34.5 Å². The minimum Gasteiger partial charge on any atom is -0.392 e. The molecule has 1 N–H and O–H groups in total. The molecule has 23 heteroatoms. The summed E-state index contributed by atoms with van der Waals surface area (Å²) in [6.45, 7) is 13.1. The van der Waals surface area contributed by atoms with Gasteiger partial charge >= 0.3 is 24.7 Å². The van der Waals surface area contributed by atoms with Gasteiger partial charge in [-0.3, -0.25) is 9.59 Å². The Bertz CT molecular complexity index is 3240. The van der Waals surface area contributed by atoms with Crippen LogP contribution < -0.4 is 19.6 Å². The van der Waals surface area contributed by atoms with Crippen LogP contribution in [0.2, 0.25) is 0 Å². The van der Waals surface area contributed by atoms with E-state index in [1.807, 2.05) is 51.4 Å². The van der Waals surface area contributed by atoms with E-state index in [-0.39, 0.29) is 24.4 Å². The monoisotopic (exact) mass is 1170 g/mol. The smallest absolute Gasteiger partial charge is 0.392 e. The largest absolute Gasteiger partial charge is 0.416 e. The molecule has 0 unspecified atom stereocenters. The van der Waals surface area contributed by atoms with Crippen molar-refractivity contribution in [2.24, 2.45) is 0 Å². The van der Waals surface area contributed by atoms with Gasteiger partial charge in [-0.1, -0.05) is 48.5 Å². The van der Waals surface area contributed by atoms with Crippen LogP contribution in [0.1, 0.15) is 72.2 Å². The van der Waals surface area contributed by atoms with Crippen molar-refractivity contribution in [2.75, 3.05) is 100 Å². The molecule has 0 aliphatic carbocycles. The second-order valence-electron chi connectivity index (χ2n) is 21.9. The maximum Gasteiger partial charge on any atom is 0.416 e. The van der Waals surface area contributed by atoms with Gasteiger partial charge in [-0.2, -0.15) is 52.7 Å². The van der Waals surface area contributed by atoms with E-state index in [2.05, 4.69) is 29.6 Å². The van der Waals surface area contributed by atoms with Gasteiger partial charge in [0, 0.05) is 77.6 Å². The maximum atomic E-state index is 13.9. The maximum absolute atomic E-state index is 13.9. The Balaban J connectivity index is 0.000000239. The predicted octanol–water partition coefficient (Wildman–Crippen LogP) is 12.8. The number of aromatic nitrogens is 2. The van der Waals surface area contributed by atoms with Gasteiger partial charge in [0.2, 0.25) is 11.8 Å². The van der Waals surface area contributed by atoms with E-state index >= 15 is 0 Å². The third-order valence-electron chi connectivity index (χ3n) is 15.3. The fourth-order valence-corrected chi connectivity index (χ4v) is 9.99. The average molecular weight is 1170 g/mol. The lowest BCUT2D eigenvalue weighted by Crippen LogP contribution is -2.45. The van der Waals surface area contributed by atoms with E-state index < -0.39 is 80.7 Å². The van der Waals surface area contributed by atoms with Crippen molar-refractivity contribution in [1.82, 2.24) is 19.8 Å². The molecule has 0 bridgehead atoms. The van der Waals surface area contributed by atoms with E-state index in [0.717, 1.165) is 50.4 Å². The van der Waals surface area contributed by atoms with Crippen LogP contribution in [0.4, 0.5) is 75.7 Å². The molecule has 0 atom stereocenters. The van der Waals surface area contributed by atoms with Crippen LogP contribution in [0.15, 0.2) is 109 Å². The van der Waals surface area contributed by atoms with E-state index in [4.69, 9.17) is 0 Å². The molecular weight excluding hydrogens is 1110 g/mol. The summed E-state index contributed by atoms with van der Waals surface area (Å²) in [7, 11) is 6.91. The molecule has 2 saturated heterocycles. The van der Waals surface area contributed by atoms with Crippen LogP contribution in [0.3, 0.4) is 0 Å². The number of pyridine rings is 2. The summed E-state index contributed by atoms with van der Waals surface area (Å²) in [4.78, 5) is 48.1. The third kappa shape index (κ3) is 14.2. The lowest BCUT2D eigenvalue weighted by molar-refractivity contribution is -0.144. The second-order valence-corrected chi connectivity index (χ2v) is 21.9. The number of hydrogen-bond donors (Lipinski definition) is 1. The van der Waals surface area contributed by atoms with Crippen molar-refractivity contribution in [3.8, 4) is 22.3 Å². The molecule has 2 aromatic heterocycles. The number of hydrogen-bond acceptors (Lipinski definition) is 9. The lowest BCUT2D eigenvalue weighted by atomic mass is 9.81. The van der Waals surface area contributed by atoms with Gasteiger partial charge in [-0.25, -0.2) is 9.97 Å². The topological polar surface area (TPSA) is 99.6 Å². The molecule has 8 rings (SSSR count). The number of likely N-dealkylation sites (N-methyl/N-ethyl adjacent to an activating group) is 4. The van der Waals surface area contributed by atoms with E-state index in [0.29, 0.717) is 76.9 Å². The van der Waals surface area contributed by atoms with Crippen molar-refractivity contribution < 1.29 is 67.4 Å². The predicted molar refractivity (Wildman–Crippen MR) is 295 cm³/mol. The fraction of sp³-hybridized carbons (Fsp3) is 0.400.